The summed E-state index contributed by atoms with van der Waals surface area (Å²) in [4.78, 5) is 11.7. The number of carbonyl (C=O) groups excluding carboxylic acids is 1. The number of hydrazone groups is 1. The predicted octanol–water partition coefficient (Wildman–Crippen LogP) is 3.11. The first-order chi connectivity index (χ1) is 11.7. The summed E-state index contributed by atoms with van der Waals surface area (Å²) in [6.45, 7) is 2.34. The molecular weight excluding hydrogens is 332 g/mol. The Morgan fingerprint density at radius 2 is 2.33 bits per heavy atom. The van der Waals surface area contributed by atoms with Gasteiger partial charge >= 0.3 is 5.91 Å². The zero-order chi connectivity index (χ0) is 17.4. The van der Waals surface area contributed by atoms with Crippen LogP contribution in [0.5, 0.6) is 11.5 Å². The highest BCUT2D eigenvalue weighted by atomic mass is 35.5. The summed E-state index contributed by atoms with van der Waals surface area (Å²) in [6.07, 6.45) is 8.02. The van der Waals surface area contributed by atoms with Gasteiger partial charge in [0.25, 0.3) is 0 Å². The Morgan fingerprint density at radius 3 is 3.00 bits per heavy atom. The van der Waals surface area contributed by atoms with E-state index in [4.69, 9.17) is 31.9 Å². The number of nitrogens with zero attached hydrogens (tertiary/aromatic N) is 1. The van der Waals surface area contributed by atoms with Crippen LogP contribution in [0.25, 0.3) is 0 Å². The molecule has 1 aromatic heterocycles. The molecule has 1 heterocycles. The number of hydrogen-bond acceptors (Lipinski definition) is 5. The zero-order valence-corrected chi connectivity index (χ0v) is 13.7. The summed E-state index contributed by atoms with van der Waals surface area (Å²) in [6, 6.07) is 6.45. The number of carbonyl (C=O) groups is 1. The van der Waals surface area contributed by atoms with Crippen LogP contribution in [0.4, 0.5) is 0 Å². The van der Waals surface area contributed by atoms with E-state index in [9.17, 15) is 4.79 Å². The standard InChI is InChI=1S/C17H15ClN2O4/c1-3-7-24-16-13(18)9-12(10-15(16)22-4-2)11-19-20-17(21)14-6-5-8-23-14/h1,5-6,8-11H,4,7H2,2H3,(H,20,21). The molecule has 24 heavy (non-hydrogen) atoms. The van der Waals surface area contributed by atoms with Crippen LogP contribution in [0.2, 0.25) is 5.02 Å². The van der Waals surface area contributed by atoms with Gasteiger partial charge in [-0.2, -0.15) is 5.10 Å². The summed E-state index contributed by atoms with van der Waals surface area (Å²) in [5.74, 6) is 2.89. The van der Waals surface area contributed by atoms with Gasteiger partial charge in [0.15, 0.2) is 17.3 Å². The normalized spacial score (nSPS) is 10.4. The average molecular weight is 347 g/mol. The Kier molecular flexibility index (Phi) is 6.29. The second-order valence-corrected chi connectivity index (χ2v) is 4.84. The van der Waals surface area contributed by atoms with Crippen molar-refractivity contribution in [1.82, 2.24) is 5.43 Å². The number of nitrogens with one attached hydrogen (secondary N) is 1. The second-order valence-electron chi connectivity index (χ2n) is 4.43. The molecule has 2 rings (SSSR count). The Morgan fingerprint density at radius 1 is 1.50 bits per heavy atom. The molecule has 0 fully saturated rings. The minimum Gasteiger partial charge on any atom is -0.490 e. The molecule has 1 amide bonds. The van der Waals surface area contributed by atoms with Crippen molar-refractivity contribution < 1.29 is 18.7 Å². The van der Waals surface area contributed by atoms with Crippen molar-refractivity contribution >= 4 is 23.7 Å². The maximum absolute atomic E-state index is 11.7. The lowest BCUT2D eigenvalue weighted by Crippen LogP contribution is -2.16. The number of halogens is 1. The van der Waals surface area contributed by atoms with Crippen LogP contribution in [0.3, 0.4) is 0 Å². The van der Waals surface area contributed by atoms with Gasteiger partial charge in [0.1, 0.15) is 6.61 Å². The third-order valence-electron chi connectivity index (χ3n) is 2.76. The van der Waals surface area contributed by atoms with E-state index in [0.29, 0.717) is 28.7 Å². The maximum atomic E-state index is 11.7. The van der Waals surface area contributed by atoms with Gasteiger partial charge in [-0.3, -0.25) is 4.79 Å². The van der Waals surface area contributed by atoms with Crippen molar-refractivity contribution in [3.05, 3.63) is 46.9 Å². The summed E-state index contributed by atoms with van der Waals surface area (Å²) in [5, 5.41) is 4.19. The maximum Gasteiger partial charge on any atom is 0.307 e. The smallest absolute Gasteiger partial charge is 0.307 e. The Balaban J connectivity index is 2.13. The first-order valence-electron chi connectivity index (χ1n) is 7.05. The molecule has 0 saturated carbocycles. The Labute approximate surface area is 144 Å². The van der Waals surface area contributed by atoms with Crippen LogP contribution >= 0.6 is 11.6 Å². The SMILES string of the molecule is C#CCOc1c(Cl)cc(C=NNC(=O)c2ccco2)cc1OCC. The monoisotopic (exact) mass is 346 g/mol. The van der Waals surface area contributed by atoms with Gasteiger partial charge in [-0.05, 0) is 36.8 Å². The van der Waals surface area contributed by atoms with Crippen LogP contribution in [-0.4, -0.2) is 25.3 Å². The Hall–Kier alpha value is -2.91. The summed E-state index contributed by atoms with van der Waals surface area (Å²) < 4.78 is 15.9. The molecule has 0 spiro atoms. The number of benzene rings is 1. The molecular formula is C17H15ClN2O4. The van der Waals surface area contributed by atoms with Gasteiger partial charge in [0.2, 0.25) is 0 Å². The molecule has 1 N–H and O–H groups in total. The fraction of sp³-hybridized carbons (Fsp3) is 0.176. The van der Waals surface area contributed by atoms with Gasteiger partial charge in [-0.25, -0.2) is 5.43 Å². The number of furan rings is 1. The average Bonchev–Trinajstić information content (AvgIpc) is 3.09. The van der Waals surface area contributed by atoms with Gasteiger partial charge in [0, 0.05) is 0 Å². The molecule has 2 aromatic rings. The van der Waals surface area contributed by atoms with Gasteiger partial charge in [0.05, 0.1) is 24.1 Å². The number of terminal acetylenes is 1. The summed E-state index contributed by atoms with van der Waals surface area (Å²) in [7, 11) is 0. The van der Waals surface area contributed by atoms with Gasteiger partial charge in [-0.1, -0.05) is 17.5 Å². The molecule has 0 radical (unpaired) electrons. The topological polar surface area (TPSA) is 73.1 Å². The van der Waals surface area contributed by atoms with Crippen molar-refractivity contribution in [2.75, 3.05) is 13.2 Å². The molecule has 0 aliphatic rings. The zero-order valence-electron chi connectivity index (χ0n) is 12.9. The predicted molar refractivity (Wildman–Crippen MR) is 90.7 cm³/mol. The number of amides is 1. The van der Waals surface area contributed by atoms with Crippen LogP contribution < -0.4 is 14.9 Å². The summed E-state index contributed by atoms with van der Waals surface area (Å²) in [5.41, 5.74) is 2.97. The number of hydrogen-bond donors (Lipinski definition) is 1. The van der Waals surface area contributed by atoms with E-state index in [2.05, 4.69) is 16.4 Å². The summed E-state index contributed by atoms with van der Waals surface area (Å²) >= 11 is 6.19. The lowest BCUT2D eigenvalue weighted by Gasteiger charge is -2.12. The second kappa shape index (κ2) is 8.65. The minimum absolute atomic E-state index is 0.0758. The number of rotatable bonds is 7. The molecule has 0 bridgehead atoms. The van der Waals surface area contributed by atoms with Crippen molar-refractivity contribution in [2.45, 2.75) is 6.92 Å². The highest BCUT2D eigenvalue weighted by Crippen LogP contribution is 2.36. The van der Waals surface area contributed by atoms with E-state index in [1.54, 1.807) is 18.2 Å². The number of ether oxygens (including phenoxy) is 2. The van der Waals surface area contributed by atoms with E-state index in [0.717, 1.165) is 0 Å². The van der Waals surface area contributed by atoms with E-state index >= 15 is 0 Å². The first-order valence-corrected chi connectivity index (χ1v) is 7.43. The lowest BCUT2D eigenvalue weighted by molar-refractivity contribution is 0.0927. The van der Waals surface area contributed by atoms with E-state index in [1.165, 1.54) is 18.5 Å². The van der Waals surface area contributed by atoms with Gasteiger partial charge in [-0.15, -0.1) is 6.42 Å². The van der Waals surface area contributed by atoms with Crippen molar-refractivity contribution in [3.63, 3.8) is 0 Å². The van der Waals surface area contributed by atoms with Crippen LogP contribution in [0.15, 0.2) is 40.0 Å². The molecule has 0 saturated heterocycles. The lowest BCUT2D eigenvalue weighted by atomic mass is 10.2. The van der Waals surface area contributed by atoms with Crippen molar-refractivity contribution in [2.24, 2.45) is 5.10 Å². The first kappa shape index (κ1) is 17.4. The fourth-order valence-electron chi connectivity index (χ4n) is 1.81. The molecule has 0 aliphatic carbocycles. The van der Waals surface area contributed by atoms with E-state index in [-0.39, 0.29) is 12.4 Å². The molecule has 6 nitrogen and oxygen atoms in total. The van der Waals surface area contributed by atoms with Crippen LogP contribution in [0.1, 0.15) is 23.0 Å². The van der Waals surface area contributed by atoms with Crippen LogP contribution in [-0.2, 0) is 0 Å². The molecule has 1 aromatic carbocycles. The molecule has 0 unspecified atom stereocenters. The van der Waals surface area contributed by atoms with Gasteiger partial charge < -0.3 is 13.9 Å². The highest BCUT2D eigenvalue weighted by molar-refractivity contribution is 6.32. The fourth-order valence-corrected chi connectivity index (χ4v) is 2.08. The third kappa shape index (κ3) is 4.54. The molecule has 7 heteroatoms. The molecule has 0 atom stereocenters. The van der Waals surface area contributed by atoms with Crippen LogP contribution in [0, 0.1) is 12.3 Å². The van der Waals surface area contributed by atoms with Crippen molar-refractivity contribution in [3.8, 4) is 23.8 Å². The quantitative estimate of drug-likeness (QED) is 0.475. The minimum atomic E-state index is -0.457. The Bertz CT molecular complexity index is 764. The van der Waals surface area contributed by atoms with E-state index < -0.39 is 5.91 Å². The highest BCUT2D eigenvalue weighted by Gasteiger charge is 2.12. The van der Waals surface area contributed by atoms with E-state index in [1.807, 2.05) is 6.92 Å². The third-order valence-corrected chi connectivity index (χ3v) is 3.04. The largest absolute Gasteiger partial charge is 0.490 e. The van der Waals surface area contributed by atoms with Crippen molar-refractivity contribution in [1.29, 1.82) is 0 Å². The molecule has 0 aliphatic heterocycles. The molecule has 124 valence electrons.